The van der Waals surface area contributed by atoms with Gasteiger partial charge in [-0.05, 0) is 211 Å². The van der Waals surface area contributed by atoms with E-state index in [0.717, 1.165) is 126 Å². The van der Waals surface area contributed by atoms with Gasteiger partial charge in [0.1, 0.15) is 17.6 Å². The lowest BCUT2D eigenvalue weighted by Gasteiger charge is -2.30. The second kappa shape index (κ2) is 28.3. The maximum atomic E-state index is 15.1. The molecule has 0 spiro atoms. The van der Waals surface area contributed by atoms with E-state index in [1.165, 1.54) is 47.9 Å². The summed E-state index contributed by atoms with van der Waals surface area (Å²) in [6.45, 7) is 4.78. The van der Waals surface area contributed by atoms with E-state index in [-0.39, 0.29) is 39.0 Å². The molecule has 10 rings (SSSR count). The Morgan fingerprint density at radius 1 is 0.603 bits per heavy atom. The number of hydrogen-bond acceptors (Lipinski definition) is 9. The van der Waals surface area contributed by atoms with Gasteiger partial charge >= 0.3 is 17.8 Å². The molecule has 2 saturated carbocycles. The van der Waals surface area contributed by atoms with Crippen LogP contribution in [0.15, 0.2) is 72.8 Å². The summed E-state index contributed by atoms with van der Waals surface area (Å²) in [4.78, 5) is 27.6. The highest BCUT2D eigenvalue weighted by Gasteiger charge is 2.41. The van der Waals surface area contributed by atoms with Crippen LogP contribution in [0.5, 0.6) is 11.5 Å². The first kappa shape index (κ1) is 61.1. The number of likely N-dealkylation sites (tertiary alicyclic amines) is 2. The third kappa shape index (κ3) is 17.8. The third-order valence-electron chi connectivity index (χ3n) is 15.6. The van der Waals surface area contributed by atoms with Gasteiger partial charge in [-0.2, -0.15) is 17.6 Å². The van der Waals surface area contributed by atoms with Crippen molar-refractivity contribution in [2.24, 2.45) is 5.73 Å². The number of aliphatic hydroxyl groups is 2. The minimum atomic E-state index is -3.63. The standard InChI is InChI=1S/C30H37ClF2N2O3.C16H23ClN2O2.C14H16F2O2.CH4/c31-25-18-23(9-12-27(25)38-24-10-11-24)28(36)26(19-35-15-3-4-16-35)34-29(37)30(32,33)14-13-20-7-8-21-5-1-2-6-22(21)17-20;17-13-9-11(3-6-15(13)21-12-4-5-12)16(20)14(18)10-19-7-1-2-8-19;15-14(16,13(17)18)8-7-10-5-6-11-3-1-2-4-12(11)9-10;/h7-9,12,17-18,24,26,28,36H,1-6,10-11,13-16,19H2,(H,34,37);3,6,9,12,14,16,20H,1-2,4-5,7-8,10,18H2;5-6,9H,1-4,7-8H2,(H,17,18);1H4/t26-,28-;14-,16-;;/m11../s1. The summed E-state index contributed by atoms with van der Waals surface area (Å²) in [7, 11) is 0. The molecule has 4 aliphatic carbocycles. The summed E-state index contributed by atoms with van der Waals surface area (Å²) in [5.74, 6) is -9.34. The number of alkyl halides is 4. The molecule has 1 amide bonds. The van der Waals surface area contributed by atoms with E-state index in [1.54, 1.807) is 24.3 Å². The van der Waals surface area contributed by atoms with Crippen LogP contribution < -0.4 is 20.5 Å². The lowest BCUT2D eigenvalue weighted by molar-refractivity contribution is -0.165. The van der Waals surface area contributed by atoms with Crippen LogP contribution in [0.3, 0.4) is 0 Å². The molecule has 78 heavy (non-hydrogen) atoms. The molecule has 11 nitrogen and oxygen atoms in total. The van der Waals surface area contributed by atoms with Gasteiger partial charge in [-0.15, -0.1) is 0 Å². The van der Waals surface area contributed by atoms with Gasteiger partial charge in [0, 0.05) is 32.0 Å². The van der Waals surface area contributed by atoms with Crippen LogP contribution in [-0.2, 0) is 48.1 Å². The molecular weight excluding hydrogens is 1050 g/mol. The first-order valence-corrected chi connectivity index (χ1v) is 28.7. The van der Waals surface area contributed by atoms with Gasteiger partial charge in [0.15, 0.2) is 0 Å². The lowest BCUT2D eigenvalue weighted by Crippen LogP contribution is -2.51. The van der Waals surface area contributed by atoms with Gasteiger partial charge in [-0.1, -0.05) is 79.2 Å². The number of benzene rings is 4. The van der Waals surface area contributed by atoms with E-state index in [4.69, 9.17) is 43.5 Å². The van der Waals surface area contributed by atoms with Gasteiger partial charge in [0.2, 0.25) is 0 Å². The average molecular weight is 1130 g/mol. The summed E-state index contributed by atoms with van der Waals surface area (Å²) in [5.41, 5.74) is 14.1. The SMILES string of the molecule is C.N[C@H](CN1CCCC1)[C@H](O)c1ccc(OC2CC2)c(Cl)c1.O=C(N[C@H](CN1CCCC1)[C@H](O)c1ccc(OC2CC2)c(Cl)c1)C(F)(F)CCc1ccc2c(c1)CCCC2.O=C(O)C(F)(F)CCc1ccc2c(c1)CCCC2. The Morgan fingerprint density at radius 2 is 1.03 bits per heavy atom. The van der Waals surface area contributed by atoms with Crippen LogP contribution in [0.1, 0.15) is 154 Å². The minimum absolute atomic E-state index is 0. The van der Waals surface area contributed by atoms with Crippen molar-refractivity contribution in [2.45, 2.75) is 184 Å². The predicted molar refractivity (Wildman–Crippen MR) is 298 cm³/mol. The number of aryl methyl sites for hydroxylation is 6. The van der Waals surface area contributed by atoms with Crippen molar-refractivity contribution in [3.8, 4) is 11.5 Å². The van der Waals surface area contributed by atoms with Gasteiger partial charge in [-0.3, -0.25) is 4.79 Å². The fraction of sp³-hybridized carbons (Fsp3) is 0.574. The Balaban J connectivity index is 0.000000186. The number of rotatable bonds is 21. The highest BCUT2D eigenvalue weighted by molar-refractivity contribution is 6.32. The molecule has 4 atom stereocenters. The number of carboxylic acids is 1. The van der Waals surface area contributed by atoms with Gasteiger partial charge in [-0.25, -0.2) is 4.79 Å². The summed E-state index contributed by atoms with van der Waals surface area (Å²) in [6, 6.07) is 21.0. The maximum Gasteiger partial charge on any atom is 0.374 e. The fourth-order valence-electron chi connectivity index (χ4n) is 10.6. The highest BCUT2D eigenvalue weighted by atomic mass is 35.5. The van der Waals surface area contributed by atoms with E-state index in [2.05, 4.69) is 15.1 Å². The number of nitrogens with zero attached hydrogens (tertiary/aromatic N) is 2. The summed E-state index contributed by atoms with van der Waals surface area (Å²) in [5, 5.41) is 33.4. The first-order valence-electron chi connectivity index (χ1n) is 27.9. The van der Waals surface area contributed by atoms with Crippen LogP contribution in [0.4, 0.5) is 17.6 Å². The molecule has 6 N–H and O–H groups in total. The summed E-state index contributed by atoms with van der Waals surface area (Å²) >= 11 is 12.6. The van der Waals surface area contributed by atoms with E-state index in [1.807, 2.05) is 48.5 Å². The number of nitrogens with one attached hydrogen (secondary N) is 1. The number of carbonyl (C=O) groups excluding carboxylic acids is 1. The van der Waals surface area contributed by atoms with E-state index in [0.29, 0.717) is 33.2 Å². The molecule has 2 aliphatic heterocycles. The number of amides is 1. The van der Waals surface area contributed by atoms with Crippen LogP contribution >= 0.6 is 23.2 Å². The van der Waals surface area contributed by atoms with Crippen LogP contribution in [0.25, 0.3) is 0 Å². The Hall–Kier alpha value is -4.48. The molecule has 2 saturated heterocycles. The third-order valence-corrected chi connectivity index (χ3v) is 16.2. The lowest BCUT2D eigenvalue weighted by atomic mass is 9.89. The van der Waals surface area contributed by atoms with Gasteiger partial charge < -0.3 is 45.6 Å². The normalized spacial score (nSPS) is 19.0. The van der Waals surface area contributed by atoms with Crippen molar-refractivity contribution in [1.29, 1.82) is 0 Å². The number of ether oxygens (including phenoxy) is 2. The largest absolute Gasteiger partial charge is 0.489 e. The number of carboxylic acid groups (broad SMARTS) is 1. The van der Waals surface area contributed by atoms with Crippen LogP contribution in [0, 0.1) is 0 Å². The highest BCUT2D eigenvalue weighted by Crippen LogP contribution is 2.37. The second-order valence-corrected chi connectivity index (χ2v) is 22.8. The van der Waals surface area contributed by atoms with E-state index in [9.17, 15) is 28.6 Å². The number of fused-ring (bicyclic) bond motifs is 2. The van der Waals surface area contributed by atoms with E-state index >= 15 is 8.78 Å². The van der Waals surface area contributed by atoms with Crippen molar-refractivity contribution in [3.05, 3.63) is 127 Å². The molecule has 2 heterocycles. The number of halogens is 6. The Labute approximate surface area is 468 Å². The minimum Gasteiger partial charge on any atom is -0.489 e. The monoisotopic (exact) mass is 1130 g/mol. The fourth-order valence-corrected chi connectivity index (χ4v) is 11.1. The predicted octanol–water partition coefficient (Wildman–Crippen LogP) is 11.8. The zero-order valence-corrected chi connectivity index (χ0v) is 45.5. The van der Waals surface area contributed by atoms with Gasteiger partial charge in [0.25, 0.3) is 5.91 Å². The van der Waals surface area contributed by atoms with E-state index < -0.39 is 54.8 Å². The smallest absolute Gasteiger partial charge is 0.374 e. The molecule has 4 fully saturated rings. The first-order chi connectivity index (χ1) is 36.9. The summed E-state index contributed by atoms with van der Waals surface area (Å²) in [6.07, 6.45) is 14.9. The number of nitrogens with two attached hydrogens (primary N) is 1. The van der Waals surface area contributed by atoms with Crippen molar-refractivity contribution >= 4 is 35.1 Å². The topological polar surface area (TPSA) is 158 Å². The molecule has 4 aromatic rings. The van der Waals surface area contributed by atoms with Crippen molar-refractivity contribution in [3.63, 3.8) is 0 Å². The molecule has 4 aromatic carbocycles. The molecule has 428 valence electrons. The van der Waals surface area contributed by atoms with Crippen molar-refractivity contribution in [1.82, 2.24) is 15.1 Å². The molecule has 0 bridgehead atoms. The van der Waals surface area contributed by atoms with Crippen LogP contribution in [-0.4, -0.2) is 112 Å². The van der Waals surface area contributed by atoms with Crippen LogP contribution in [0.2, 0.25) is 10.0 Å². The molecule has 6 aliphatic rings. The zero-order chi connectivity index (χ0) is 54.7. The number of aliphatic carboxylic acids is 1. The average Bonchev–Trinajstić information content (AvgIpc) is 4.32. The summed E-state index contributed by atoms with van der Waals surface area (Å²) < 4.78 is 67.6. The number of carbonyl (C=O) groups is 2. The number of aliphatic hydroxyl groups excluding tert-OH is 2. The zero-order valence-electron chi connectivity index (χ0n) is 44.0. The Morgan fingerprint density at radius 3 is 1.46 bits per heavy atom. The number of hydrogen-bond donors (Lipinski definition) is 5. The molecule has 0 aromatic heterocycles. The maximum absolute atomic E-state index is 15.1. The Bertz CT molecular complexity index is 2610. The molecule has 0 radical (unpaired) electrons. The molecule has 17 heteroatoms. The van der Waals surface area contributed by atoms with Crippen molar-refractivity contribution < 1.29 is 51.9 Å². The second-order valence-electron chi connectivity index (χ2n) is 22.0. The van der Waals surface area contributed by atoms with Crippen molar-refractivity contribution in [2.75, 3.05) is 39.3 Å². The van der Waals surface area contributed by atoms with Gasteiger partial charge in [0.05, 0.1) is 34.4 Å². The molecular formula is C61H80Cl2F4N4O7. The Kier molecular flexibility index (Phi) is 22.2. The quantitative estimate of drug-likeness (QED) is 0.0509. The molecule has 0 unspecified atom stereocenters.